The second kappa shape index (κ2) is 4.94. The molecule has 1 aliphatic heterocycles. The predicted molar refractivity (Wildman–Crippen MR) is 79.6 cm³/mol. The first kappa shape index (κ1) is 12.0. The molecular weight excluding hydrogens is 248 g/mol. The van der Waals surface area contributed by atoms with E-state index in [1.165, 1.54) is 29.9 Å². The van der Waals surface area contributed by atoms with E-state index in [1.54, 1.807) is 0 Å². The predicted octanol–water partition coefficient (Wildman–Crippen LogP) is 2.16. The molecule has 1 saturated carbocycles. The topological polar surface area (TPSA) is 33.1 Å². The van der Waals surface area contributed by atoms with E-state index in [1.807, 2.05) is 6.20 Å². The zero-order chi connectivity index (χ0) is 13.4. The number of para-hydroxylation sites is 1. The van der Waals surface area contributed by atoms with Crippen molar-refractivity contribution in [2.75, 3.05) is 11.4 Å². The largest absolute Gasteiger partial charge is 0.362 e. The van der Waals surface area contributed by atoms with Crippen LogP contribution in [0.1, 0.15) is 24.2 Å². The minimum Gasteiger partial charge on any atom is -0.362 e. The molecule has 1 N–H and O–H groups in total. The van der Waals surface area contributed by atoms with Crippen LogP contribution >= 0.6 is 0 Å². The lowest BCUT2D eigenvalue weighted by atomic mass is 10.1. The van der Waals surface area contributed by atoms with Crippen LogP contribution in [0.2, 0.25) is 0 Å². The molecule has 1 fully saturated rings. The number of anilines is 1. The van der Waals surface area contributed by atoms with E-state index in [2.05, 4.69) is 50.2 Å². The standard InChI is InChI=1S/C16H20N4/c1-2-4-15(13(3-1)11-18-14-5-6-14)20-10-9-19-8-7-17-16(19)12-20/h1-4,7-8,14,18H,5-6,9-12H2. The molecule has 2 aliphatic rings. The normalized spacial score (nSPS) is 18.1. The smallest absolute Gasteiger partial charge is 0.128 e. The molecule has 4 rings (SSSR count). The molecule has 1 aliphatic carbocycles. The lowest BCUT2D eigenvalue weighted by Gasteiger charge is -2.31. The van der Waals surface area contributed by atoms with Crippen LogP contribution in [0, 0.1) is 0 Å². The van der Waals surface area contributed by atoms with Gasteiger partial charge in [0.25, 0.3) is 0 Å². The number of hydrogen-bond acceptors (Lipinski definition) is 3. The Morgan fingerprint density at radius 3 is 3.00 bits per heavy atom. The van der Waals surface area contributed by atoms with Gasteiger partial charge in [-0.15, -0.1) is 0 Å². The molecule has 2 heterocycles. The summed E-state index contributed by atoms with van der Waals surface area (Å²) in [4.78, 5) is 6.90. The molecule has 0 bridgehead atoms. The fourth-order valence-electron chi connectivity index (χ4n) is 2.89. The zero-order valence-corrected chi connectivity index (χ0v) is 11.6. The Balaban J connectivity index is 1.55. The van der Waals surface area contributed by atoms with Crippen molar-refractivity contribution in [2.24, 2.45) is 0 Å². The van der Waals surface area contributed by atoms with Gasteiger partial charge in [-0.1, -0.05) is 18.2 Å². The van der Waals surface area contributed by atoms with Crippen LogP contribution in [0.4, 0.5) is 5.69 Å². The van der Waals surface area contributed by atoms with E-state index in [0.717, 1.165) is 32.2 Å². The minimum absolute atomic E-state index is 0.753. The summed E-state index contributed by atoms with van der Waals surface area (Å²) in [5.41, 5.74) is 2.76. The van der Waals surface area contributed by atoms with Crippen LogP contribution in [0.3, 0.4) is 0 Å². The van der Waals surface area contributed by atoms with Crippen molar-refractivity contribution >= 4 is 5.69 Å². The molecule has 0 saturated heterocycles. The van der Waals surface area contributed by atoms with Gasteiger partial charge in [-0.05, 0) is 24.5 Å². The lowest BCUT2D eigenvalue weighted by molar-refractivity contribution is 0.557. The molecule has 0 spiro atoms. The molecule has 20 heavy (non-hydrogen) atoms. The highest BCUT2D eigenvalue weighted by Crippen LogP contribution is 2.26. The summed E-state index contributed by atoms with van der Waals surface area (Å²) in [7, 11) is 0. The van der Waals surface area contributed by atoms with Gasteiger partial charge in [0.05, 0.1) is 6.54 Å². The number of imidazole rings is 1. The van der Waals surface area contributed by atoms with Crippen molar-refractivity contribution in [1.82, 2.24) is 14.9 Å². The summed E-state index contributed by atoms with van der Waals surface area (Å²) in [6, 6.07) is 9.51. The number of fused-ring (bicyclic) bond motifs is 1. The highest BCUT2D eigenvalue weighted by atomic mass is 15.2. The van der Waals surface area contributed by atoms with Gasteiger partial charge in [-0.25, -0.2) is 4.98 Å². The average molecular weight is 268 g/mol. The molecule has 104 valence electrons. The first-order chi connectivity index (χ1) is 9.90. The Morgan fingerprint density at radius 2 is 2.10 bits per heavy atom. The fraction of sp³-hybridized carbons (Fsp3) is 0.438. The van der Waals surface area contributed by atoms with Crippen molar-refractivity contribution < 1.29 is 0 Å². The van der Waals surface area contributed by atoms with Crippen LogP contribution in [-0.2, 0) is 19.6 Å². The Hall–Kier alpha value is -1.81. The summed E-state index contributed by atoms with van der Waals surface area (Å²) in [6.45, 7) is 3.97. The van der Waals surface area contributed by atoms with Gasteiger partial charge < -0.3 is 14.8 Å². The van der Waals surface area contributed by atoms with Crippen LogP contribution < -0.4 is 10.2 Å². The van der Waals surface area contributed by atoms with Crippen molar-refractivity contribution in [3.05, 3.63) is 48.0 Å². The molecule has 0 amide bonds. The maximum atomic E-state index is 4.45. The number of nitrogens with zero attached hydrogens (tertiary/aromatic N) is 3. The lowest BCUT2D eigenvalue weighted by Crippen LogP contribution is -2.34. The SMILES string of the molecule is c1ccc(N2CCn3ccnc3C2)c(CNC2CC2)c1. The molecule has 2 aromatic rings. The van der Waals surface area contributed by atoms with E-state index in [9.17, 15) is 0 Å². The number of benzene rings is 1. The van der Waals surface area contributed by atoms with Gasteiger partial charge in [-0.2, -0.15) is 0 Å². The number of rotatable bonds is 4. The molecule has 4 nitrogen and oxygen atoms in total. The second-order valence-corrected chi connectivity index (χ2v) is 5.74. The molecule has 0 radical (unpaired) electrons. The molecule has 1 aromatic heterocycles. The van der Waals surface area contributed by atoms with Gasteiger partial charge in [-0.3, -0.25) is 0 Å². The van der Waals surface area contributed by atoms with E-state index in [-0.39, 0.29) is 0 Å². The highest BCUT2D eigenvalue weighted by molar-refractivity contribution is 5.54. The molecule has 1 aromatic carbocycles. The van der Waals surface area contributed by atoms with Crippen molar-refractivity contribution in [3.63, 3.8) is 0 Å². The van der Waals surface area contributed by atoms with Crippen LogP contribution in [-0.4, -0.2) is 22.1 Å². The monoisotopic (exact) mass is 268 g/mol. The van der Waals surface area contributed by atoms with Crippen molar-refractivity contribution in [1.29, 1.82) is 0 Å². The van der Waals surface area contributed by atoms with Crippen molar-refractivity contribution in [3.8, 4) is 0 Å². The zero-order valence-electron chi connectivity index (χ0n) is 11.6. The maximum absolute atomic E-state index is 4.45. The van der Waals surface area contributed by atoms with E-state index < -0.39 is 0 Å². The molecular formula is C16H20N4. The second-order valence-electron chi connectivity index (χ2n) is 5.74. The van der Waals surface area contributed by atoms with Crippen LogP contribution in [0.25, 0.3) is 0 Å². The first-order valence-electron chi connectivity index (χ1n) is 7.46. The van der Waals surface area contributed by atoms with Gasteiger partial charge >= 0.3 is 0 Å². The minimum atomic E-state index is 0.753. The number of nitrogens with one attached hydrogen (secondary N) is 1. The van der Waals surface area contributed by atoms with Gasteiger partial charge in [0.15, 0.2) is 0 Å². The number of hydrogen-bond donors (Lipinski definition) is 1. The number of aromatic nitrogens is 2. The van der Waals surface area contributed by atoms with Crippen molar-refractivity contribution in [2.45, 2.75) is 38.5 Å². The third-order valence-electron chi connectivity index (χ3n) is 4.24. The first-order valence-corrected chi connectivity index (χ1v) is 7.46. The average Bonchev–Trinajstić information content (AvgIpc) is 3.20. The van der Waals surface area contributed by atoms with Gasteiger partial charge in [0.1, 0.15) is 5.82 Å². The Bertz CT molecular complexity index is 600. The third-order valence-corrected chi connectivity index (χ3v) is 4.24. The van der Waals surface area contributed by atoms with Gasteiger partial charge in [0.2, 0.25) is 0 Å². The van der Waals surface area contributed by atoms with E-state index in [4.69, 9.17) is 0 Å². The fourth-order valence-corrected chi connectivity index (χ4v) is 2.89. The molecule has 0 atom stereocenters. The Kier molecular flexibility index (Phi) is 2.96. The molecule has 0 unspecified atom stereocenters. The quantitative estimate of drug-likeness (QED) is 0.922. The summed E-state index contributed by atoms with van der Waals surface area (Å²) in [5.74, 6) is 1.17. The van der Waals surface area contributed by atoms with E-state index >= 15 is 0 Å². The van der Waals surface area contributed by atoms with Crippen LogP contribution in [0.5, 0.6) is 0 Å². The Morgan fingerprint density at radius 1 is 1.20 bits per heavy atom. The summed E-state index contributed by atoms with van der Waals surface area (Å²) in [6.07, 6.45) is 6.65. The maximum Gasteiger partial charge on any atom is 0.128 e. The summed E-state index contributed by atoms with van der Waals surface area (Å²) < 4.78 is 2.25. The third kappa shape index (κ3) is 2.31. The van der Waals surface area contributed by atoms with Gasteiger partial charge in [0, 0.05) is 43.8 Å². The van der Waals surface area contributed by atoms with Crippen LogP contribution in [0.15, 0.2) is 36.7 Å². The molecule has 4 heteroatoms. The van der Waals surface area contributed by atoms with E-state index in [0.29, 0.717) is 0 Å². The highest BCUT2D eigenvalue weighted by Gasteiger charge is 2.22. The Labute approximate surface area is 119 Å². The summed E-state index contributed by atoms with van der Waals surface area (Å²) >= 11 is 0. The summed E-state index contributed by atoms with van der Waals surface area (Å²) in [5, 5.41) is 3.62.